The maximum absolute atomic E-state index is 13.4. The number of hydrogen-bond donors (Lipinski definition) is 2. The Bertz CT molecular complexity index is 1110. The quantitative estimate of drug-likeness (QED) is 0.573. The van der Waals surface area contributed by atoms with Crippen molar-refractivity contribution in [2.24, 2.45) is 0 Å². The molecular formula is C23H32FN7OS. The van der Waals surface area contributed by atoms with Gasteiger partial charge in [0.05, 0.1) is 0 Å². The maximum atomic E-state index is 13.4. The van der Waals surface area contributed by atoms with Gasteiger partial charge in [0.2, 0.25) is 10.1 Å². The number of fused-ring (bicyclic) bond motifs is 1. The zero-order valence-corrected chi connectivity index (χ0v) is 20.7. The molecule has 0 aliphatic carbocycles. The van der Waals surface area contributed by atoms with Crippen LogP contribution in [-0.2, 0) is 0 Å². The van der Waals surface area contributed by atoms with Crippen molar-refractivity contribution in [2.75, 3.05) is 36.4 Å². The van der Waals surface area contributed by atoms with E-state index in [2.05, 4.69) is 43.2 Å². The molecule has 2 N–H and O–H groups in total. The summed E-state index contributed by atoms with van der Waals surface area (Å²) >= 11 is 1.52. The maximum Gasteiger partial charge on any atom is 0.317 e. The molecule has 0 unspecified atom stereocenters. The molecule has 1 fully saturated rings. The molecule has 0 saturated carbocycles. The van der Waals surface area contributed by atoms with E-state index in [9.17, 15) is 9.18 Å². The molecule has 4 rings (SSSR count). The number of hydrogen-bond acceptors (Lipinski definition) is 6. The average molecular weight is 474 g/mol. The molecule has 0 bridgehead atoms. The number of anilines is 2. The summed E-state index contributed by atoms with van der Waals surface area (Å²) in [5.41, 5.74) is 1.38. The van der Waals surface area contributed by atoms with Crippen molar-refractivity contribution in [3.05, 3.63) is 30.1 Å². The predicted molar refractivity (Wildman–Crippen MR) is 132 cm³/mol. The Morgan fingerprint density at radius 1 is 1.18 bits per heavy atom. The van der Waals surface area contributed by atoms with Crippen molar-refractivity contribution in [1.29, 1.82) is 0 Å². The molecule has 1 aliphatic rings. The summed E-state index contributed by atoms with van der Waals surface area (Å²) in [5.74, 6) is 0.515. The molecule has 10 heteroatoms. The van der Waals surface area contributed by atoms with Crippen LogP contribution in [-0.4, -0.2) is 63.3 Å². The molecule has 0 spiro atoms. The summed E-state index contributed by atoms with van der Waals surface area (Å²) in [4.78, 5) is 22.1. The van der Waals surface area contributed by atoms with Gasteiger partial charge in [-0.3, -0.25) is 0 Å². The number of benzene rings is 1. The Kier molecular flexibility index (Phi) is 6.47. The second-order valence-corrected chi connectivity index (χ2v) is 10.4. The third kappa shape index (κ3) is 5.21. The molecule has 1 aliphatic heterocycles. The van der Waals surface area contributed by atoms with E-state index < -0.39 is 0 Å². The SMILES string of the molecule is CC[C@H](C)NC(=O)N1CCN(c2nn3c(NC(C)(C)C)c(-c4ccc(F)cc4)nc3s2)CC1. The van der Waals surface area contributed by atoms with Gasteiger partial charge in [-0.1, -0.05) is 18.3 Å². The Hall–Kier alpha value is -2.88. The summed E-state index contributed by atoms with van der Waals surface area (Å²) in [7, 11) is 0. The van der Waals surface area contributed by atoms with Gasteiger partial charge in [-0.25, -0.2) is 14.2 Å². The number of urea groups is 1. The molecule has 0 radical (unpaired) electrons. The highest BCUT2D eigenvalue weighted by atomic mass is 32.1. The van der Waals surface area contributed by atoms with Crippen LogP contribution in [0.4, 0.5) is 20.1 Å². The predicted octanol–water partition coefficient (Wildman–Crippen LogP) is 4.44. The Labute approximate surface area is 197 Å². The third-order valence-electron chi connectivity index (χ3n) is 5.62. The van der Waals surface area contributed by atoms with Gasteiger partial charge >= 0.3 is 6.03 Å². The Balaban J connectivity index is 1.56. The highest BCUT2D eigenvalue weighted by Gasteiger charge is 2.27. The van der Waals surface area contributed by atoms with E-state index in [0.29, 0.717) is 13.1 Å². The number of nitrogens with one attached hydrogen (secondary N) is 2. The van der Waals surface area contributed by atoms with Crippen molar-refractivity contribution in [1.82, 2.24) is 24.8 Å². The number of halogens is 1. The normalized spacial score (nSPS) is 15.7. The van der Waals surface area contributed by atoms with Crippen LogP contribution in [0, 0.1) is 5.82 Å². The standard InChI is InChI=1S/C23H32FN7OS/c1-6-15(2)25-20(32)29-11-13-30(14-12-29)22-28-31-19(27-23(3,4)5)18(26-21(31)33-22)16-7-9-17(24)10-8-16/h7-10,15,27H,6,11-14H2,1-5H3,(H,25,32)/t15-/m0/s1. The van der Waals surface area contributed by atoms with Gasteiger partial charge in [0.25, 0.3) is 0 Å². The number of rotatable bonds is 5. The highest BCUT2D eigenvalue weighted by Crippen LogP contribution is 2.35. The molecule has 1 aromatic carbocycles. The van der Waals surface area contributed by atoms with E-state index in [0.717, 1.165) is 46.7 Å². The topological polar surface area (TPSA) is 77.8 Å². The summed E-state index contributed by atoms with van der Waals surface area (Å²) < 4.78 is 15.3. The molecule has 178 valence electrons. The largest absolute Gasteiger partial charge is 0.364 e. The van der Waals surface area contributed by atoms with Crippen LogP contribution < -0.4 is 15.5 Å². The van der Waals surface area contributed by atoms with Crippen molar-refractivity contribution >= 4 is 33.3 Å². The van der Waals surface area contributed by atoms with Gasteiger partial charge in [-0.05, 0) is 58.4 Å². The minimum Gasteiger partial charge on any atom is -0.364 e. The first-order valence-corrected chi connectivity index (χ1v) is 12.2. The lowest BCUT2D eigenvalue weighted by Gasteiger charge is -2.34. The number of carbonyl (C=O) groups is 1. The number of carbonyl (C=O) groups excluding carboxylic acids is 1. The fourth-order valence-electron chi connectivity index (χ4n) is 3.65. The van der Waals surface area contributed by atoms with E-state index in [1.165, 1.54) is 23.5 Å². The van der Waals surface area contributed by atoms with Crippen LogP contribution in [0.2, 0.25) is 0 Å². The lowest BCUT2D eigenvalue weighted by atomic mass is 10.1. The monoisotopic (exact) mass is 473 g/mol. The van der Waals surface area contributed by atoms with Crippen LogP contribution in [0.5, 0.6) is 0 Å². The Morgan fingerprint density at radius 2 is 1.85 bits per heavy atom. The van der Waals surface area contributed by atoms with Crippen LogP contribution in [0.15, 0.2) is 24.3 Å². The van der Waals surface area contributed by atoms with Crippen molar-refractivity contribution < 1.29 is 9.18 Å². The molecule has 1 atom stereocenters. The highest BCUT2D eigenvalue weighted by molar-refractivity contribution is 7.20. The van der Waals surface area contributed by atoms with Crippen LogP contribution in [0.3, 0.4) is 0 Å². The van der Waals surface area contributed by atoms with Gasteiger partial charge < -0.3 is 20.4 Å². The van der Waals surface area contributed by atoms with E-state index in [1.807, 2.05) is 16.3 Å². The zero-order chi connectivity index (χ0) is 23.8. The molecule has 1 saturated heterocycles. The second kappa shape index (κ2) is 9.17. The lowest BCUT2D eigenvalue weighted by Crippen LogP contribution is -2.53. The fourth-order valence-corrected chi connectivity index (χ4v) is 4.60. The number of piperazine rings is 1. The number of aromatic nitrogens is 3. The molecule has 2 amide bonds. The van der Waals surface area contributed by atoms with Crippen molar-refractivity contribution in [3.8, 4) is 11.3 Å². The second-order valence-electron chi connectivity index (χ2n) is 9.50. The third-order valence-corrected chi connectivity index (χ3v) is 6.59. The number of amides is 2. The lowest BCUT2D eigenvalue weighted by molar-refractivity contribution is 0.190. The smallest absolute Gasteiger partial charge is 0.317 e. The fraction of sp³-hybridized carbons (Fsp3) is 0.522. The number of imidazole rings is 1. The van der Waals surface area contributed by atoms with Gasteiger partial charge in [0.15, 0.2) is 5.82 Å². The summed E-state index contributed by atoms with van der Waals surface area (Å²) in [6, 6.07) is 6.53. The first kappa shape index (κ1) is 23.3. The molecule has 2 aromatic heterocycles. The van der Waals surface area contributed by atoms with E-state index >= 15 is 0 Å². The summed E-state index contributed by atoms with van der Waals surface area (Å²) in [5, 5.41) is 12.3. The minimum absolute atomic E-state index is 0.00135. The molecular weight excluding hydrogens is 441 g/mol. The Morgan fingerprint density at radius 3 is 2.45 bits per heavy atom. The van der Waals surface area contributed by atoms with Gasteiger partial charge in [-0.15, -0.1) is 5.10 Å². The first-order chi connectivity index (χ1) is 15.6. The van der Waals surface area contributed by atoms with Gasteiger partial charge in [0, 0.05) is 43.3 Å². The minimum atomic E-state index is -0.275. The van der Waals surface area contributed by atoms with E-state index in [1.54, 1.807) is 12.1 Å². The van der Waals surface area contributed by atoms with Crippen LogP contribution in [0.1, 0.15) is 41.0 Å². The molecule has 33 heavy (non-hydrogen) atoms. The van der Waals surface area contributed by atoms with E-state index in [4.69, 9.17) is 10.1 Å². The number of nitrogens with zero attached hydrogens (tertiary/aromatic N) is 5. The summed E-state index contributed by atoms with van der Waals surface area (Å²) in [6.45, 7) is 13.1. The van der Waals surface area contributed by atoms with Crippen molar-refractivity contribution in [3.63, 3.8) is 0 Å². The van der Waals surface area contributed by atoms with Crippen molar-refractivity contribution in [2.45, 2.75) is 52.6 Å². The van der Waals surface area contributed by atoms with Gasteiger partial charge in [0.1, 0.15) is 11.5 Å². The average Bonchev–Trinajstić information content (AvgIpc) is 3.33. The van der Waals surface area contributed by atoms with Crippen LogP contribution in [0.25, 0.3) is 16.2 Å². The molecule has 8 nitrogen and oxygen atoms in total. The zero-order valence-electron chi connectivity index (χ0n) is 19.9. The van der Waals surface area contributed by atoms with Gasteiger partial charge in [-0.2, -0.15) is 4.52 Å². The molecule has 3 heterocycles. The van der Waals surface area contributed by atoms with Crippen LogP contribution >= 0.6 is 11.3 Å². The molecule has 3 aromatic rings. The van der Waals surface area contributed by atoms with E-state index in [-0.39, 0.29) is 23.4 Å². The first-order valence-electron chi connectivity index (χ1n) is 11.4. The summed E-state index contributed by atoms with van der Waals surface area (Å²) in [6.07, 6.45) is 0.912.